The number of nitrogens with zero attached hydrogens (tertiary/aromatic N) is 3. The van der Waals surface area contributed by atoms with Crippen LogP contribution in [-0.2, 0) is 11.2 Å². The van der Waals surface area contributed by atoms with Gasteiger partial charge in [-0.2, -0.15) is 0 Å². The number of amides is 1. The summed E-state index contributed by atoms with van der Waals surface area (Å²) in [6, 6.07) is 5.99. The lowest BCUT2D eigenvalue weighted by atomic mass is 10.2. The van der Waals surface area contributed by atoms with E-state index in [1.807, 2.05) is 0 Å². The van der Waals surface area contributed by atoms with Crippen molar-refractivity contribution >= 4 is 11.9 Å². The average molecular weight is 347 g/mol. The third-order valence-corrected chi connectivity index (χ3v) is 4.02. The third-order valence-electron chi connectivity index (χ3n) is 4.02. The molecular weight excluding hydrogens is 330 g/mol. The number of hydrogen-bond donors (Lipinski definition) is 2. The summed E-state index contributed by atoms with van der Waals surface area (Å²) < 4.78 is 10.2. The van der Waals surface area contributed by atoms with Gasteiger partial charge in [-0.05, 0) is 25.1 Å². The number of aliphatic hydroxyl groups is 1. The second-order valence-corrected chi connectivity index (χ2v) is 5.83. The van der Waals surface area contributed by atoms with Crippen molar-refractivity contribution in [2.24, 2.45) is 0 Å². The molecule has 2 heterocycles. The van der Waals surface area contributed by atoms with Gasteiger partial charge in [-0.25, -0.2) is 9.42 Å². The van der Waals surface area contributed by atoms with E-state index >= 15 is 0 Å². The molecule has 0 bridgehead atoms. The van der Waals surface area contributed by atoms with Crippen LogP contribution in [0.3, 0.4) is 0 Å². The largest absolute Gasteiger partial charge is 0.486 e. The molecule has 0 unspecified atom stereocenters. The number of carbonyl (C=O) groups excluding carboxylic acids is 1. The minimum Gasteiger partial charge on any atom is -0.486 e. The Hall–Kier alpha value is -2.94. The van der Waals surface area contributed by atoms with Crippen LogP contribution in [0.25, 0.3) is 0 Å². The quantitative estimate of drug-likeness (QED) is 0.789. The molecule has 9 nitrogen and oxygen atoms in total. The van der Waals surface area contributed by atoms with Crippen LogP contribution in [0.15, 0.2) is 28.9 Å². The zero-order valence-corrected chi connectivity index (χ0v) is 13.5. The average Bonchev–Trinajstić information content (AvgIpc) is 3.14. The number of β-amino-alcohol motifs (C(OH)–C–C–N with tert-alkyl or cyclic N) is 1. The molecule has 2 aromatic rings. The molecule has 0 saturated carbocycles. The highest BCUT2D eigenvalue weighted by Gasteiger charge is 2.36. The van der Waals surface area contributed by atoms with Crippen LogP contribution in [-0.4, -0.2) is 62.6 Å². The number of aryl methyl sites for hydroxylation is 1. The monoisotopic (exact) mass is 347 g/mol. The number of benzene rings is 1. The van der Waals surface area contributed by atoms with Crippen molar-refractivity contribution in [2.45, 2.75) is 25.6 Å². The molecule has 0 spiro atoms. The highest BCUT2D eigenvalue weighted by molar-refractivity contribution is 5.88. The first-order valence-electron chi connectivity index (χ1n) is 7.68. The number of aromatic carboxylic acids is 1. The van der Waals surface area contributed by atoms with Gasteiger partial charge in [0, 0.05) is 0 Å². The lowest BCUT2D eigenvalue weighted by Crippen LogP contribution is -2.32. The van der Waals surface area contributed by atoms with Gasteiger partial charge < -0.3 is 19.8 Å². The van der Waals surface area contributed by atoms with Gasteiger partial charge in [-0.1, -0.05) is 16.4 Å². The zero-order valence-electron chi connectivity index (χ0n) is 13.5. The van der Waals surface area contributed by atoms with E-state index in [4.69, 9.17) is 9.84 Å². The Balaban J connectivity index is 1.63. The van der Waals surface area contributed by atoms with Crippen molar-refractivity contribution in [2.75, 3.05) is 13.1 Å². The number of aromatic nitrogens is 2. The number of ether oxygens (including phenoxy) is 1. The Morgan fingerprint density at radius 3 is 2.84 bits per heavy atom. The van der Waals surface area contributed by atoms with Crippen molar-refractivity contribution in [3.63, 3.8) is 0 Å². The molecule has 1 aromatic carbocycles. The van der Waals surface area contributed by atoms with E-state index in [0.29, 0.717) is 17.1 Å². The van der Waals surface area contributed by atoms with Gasteiger partial charge >= 0.3 is 5.97 Å². The summed E-state index contributed by atoms with van der Waals surface area (Å²) in [4.78, 5) is 24.8. The molecule has 0 aliphatic carbocycles. The second-order valence-electron chi connectivity index (χ2n) is 5.83. The molecule has 25 heavy (non-hydrogen) atoms. The first-order valence-corrected chi connectivity index (χ1v) is 7.68. The molecule has 1 aliphatic heterocycles. The molecule has 132 valence electrons. The second kappa shape index (κ2) is 6.89. The van der Waals surface area contributed by atoms with E-state index in [1.54, 1.807) is 19.1 Å². The summed E-state index contributed by atoms with van der Waals surface area (Å²) in [6.45, 7) is 2.02. The highest BCUT2D eigenvalue weighted by Crippen LogP contribution is 2.21. The van der Waals surface area contributed by atoms with Crippen molar-refractivity contribution in [3.05, 3.63) is 41.2 Å². The fourth-order valence-corrected chi connectivity index (χ4v) is 2.62. The van der Waals surface area contributed by atoms with Crippen molar-refractivity contribution in [1.82, 2.24) is 15.2 Å². The fourth-order valence-electron chi connectivity index (χ4n) is 2.62. The molecule has 1 saturated heterocycles. The van der Waals surface area contributed by atoms with Gasteiger partial charge in [0.15, 0.2) is 0 Å². The molecule has 1 aromatic heterocycles. The van der Waals surface area contributed by atoms with Crippen LogP contribution in [0.4, 0.5) is 0 Å². The van der Waals surface area contributed by atoms with Crippen LogP contribution >= 0.6 is 0 Å². The summed E-state index contributed by atoms with van der Waals surface area (Å²) in [5.74, 6) is -0.955. The van der Waals surface area contributed by atoms with Gasteiger partial charge in [0.1, 0.15) is 29.3 Å². The summed E-state index contributed by atoms with van der Waals surface area (Å²) in [6.07, 6.45) is -1.47. The zero-order chi connectivity index (χ0) is 18.0. The number of rotatable bonds is 5. The molecular formula is C16H17N3O6. The summed E-state index contributed by atoms with van der Waals surface area (Å²) >= 11 is 0. The van der Waals surface area contributed by atoms with E-state index in [1.165, 1.54) is 17.0 Å². The minimum atomic E-state index is -1.06. The van der Waals surface area contributed by atoms with E-state index in [0.717, 1.165) is 0 Å². The predicted octanol–water partition coefficient (Wildman–Crippen LogP) is 0.269. The summed E-state index contributed by atoms with van der Waals surface area (Å²) in [5, 5.41) is 26.5. The molecule has 1 fully saturated rings. The number of carboxylic acids is 1. The minimum absolute atomic E-state index is 0.0310. The number of carbonyl (C=O) groups is 2. The first-order chi connectivity index (χ1) is 11.9. The predicted molar refractivity (Wildman–Crippen MR) is 83.1 cm³/mol. The maximum atomic E-state index is 12.3. The number of aliphatic hydroxyl groups excluding tert-OH is 1. The topological polar surface area (TPSA) is 126 Å². The SMILES string of the molecule is Cc1nonc1CC(=O)N1C[C@@H](O)[C@H](Oc2cccc(C(=O)O)c2)C1. The third kappa shape index (κ3) is 3.77. The van der Waals surface area contributed by atoms with E-state index in [2.05, 4.69) is 14.9 Å². The molecule has 0 radical (unpaired) electrons. The van der Waals surface area contributed by atoms with Crippen LogP contribution < -0.4 is 4.74 Å². The molecule has 3 rings (SSSR count). The smallest absolute Gasteiger partial charge is 0.335 e. The summed E-state index contributed by atoms with van der Waals surface area (Å²) in [7, 11) is 0. The van der Waals surface area contributed by atoms with Gasteiger partial charge in [-0.3, -0.25) is 4.79 Å². The fraction of sp³-hybridized carbons (Fsp3) is 0.375. The van der Waals surface area contributed by atoms with Crippen LogP contribution in [0, 0.1) is 6.92 Å². The van der Waals surface area contributed by atoms with Crippen LogP contribution in [0.1, 0.15) is 21.7 Å². The van der Waals surface area contributed by atoms with E-state index in [9.17, 15) is 14.7 Å². The van der Waals surface area contributed by atoms with Gasteiger partial charge in [0.2, 0.25) is 5.91 Å². The Morgan fingerprint density at radius 1 is 1.36 bits per heavy atom. The Morgan fingerprint density at radius 2 is 2.16 bits per heavy atom. The molecule has 9 heteroatoms. The van der Waals surface area contributed by atoms with E-state index in [-0.39, 0.29) is 31.0 Å². The Labute approximate surface area is 142 Å². The highest BCUT2D eigenvalue weighted by atomic mass is 16.6. The van der Waals surface area contributed by atoms with Gasteiger partial charge in [0.25, 0.3) is 0 Å². The lowest BCUT2D eigenvalue weighted by molar-refractivity contribution is -0.130. The first kappa shape index (κ1) is 16.9. The Kier molecular flexibility index (Phi) is 4.66. The summed E-state index contributed by atoms with van der Waals surface area (Å²) in [5.41, 5.74) is 1.09. The number of likely N-dealkylation sites (tertiary alicyclic amines) is 1. The standard InChI is InChI=1S/C16H17N3O6/c1-9-12(18-25-17-9)6-15(21)19-7-13(20)14(8-19)24-11-4-2-3-10(5-11)16(22)23/h2-5,13-14,20H,6-8H2,1H3,(H,22,23)/t13-,14-/m1/s1. The maximum absolute atomic E-state index is 12.3. The Bertz CT molecular complexity index is 790. The number of carboxylic acid groups (broad SMARTS) is 1. The van der Waals surface area contributed by atoms with Crippen LogP contribution in [0.2, 0.25) is 0 Å². The van der Waals surface area contributed by atoms with E-state index < -0.39 is 18.2 Å². The van der Waals surface area contributed by atoms with Crippen molar-refractivity contribution in [3.8, 4) is 5.75 Å². The normalized spacial score (nSPS) is 19.8. The molecule has 2 N–H and O–H groups in total. The van der Waals surface area contributed by atoms with Crippen LogP contribution in [0.5, 0.6) is 5.75 Å². The molecule has 1 amide bonds. The van der Waals surface area contributed by atoms with Crippen molar-refractivity contribution in [1.29, 1.82) is 0 Å². The lowest BCUT2D eigenvalue weighted by Gasteiger charge is -2.17. The number of hydrogen-bond acceptors (Lipinski definition) is 7. The molecule has 2 atom stereocenters. The van der Waals surface area contributed by atoms with Gasteiger partial charge in [-0.15, -0.1) is 0 Å². The maximum Gasteiger partial charge on any atom is 0.335 e. The van der Waals surface area contributed by atoms with Gasteiger partial charge in [0.05, 0.1) is 25.1 Å². The molecule has 1 aliphatic rings. The van der Waals surface area contributed by atoms with Crippen molar-refractivity contribution < 1.29 is 29.2 Å².